The van der Waals surface area contributed by atoms with E-state index in [9.17, 15) is 4.79 Å². The minimum Gasteiger partial charge on any atom is -0.493 e. The lowest BCUT2D eigenvalue weighted by Gasteiger charge is -2.17. The zero-order valence-electron chi connectivity index (χ0n) is 19.1. The molecule has 1 aliphatic rings. The molecule has 2 aromatic rings. The maximum atomic E-state index is 12.8. The van der Waals surface area contributed by atoms with E-state index in [1.54, 1.807) is 14.2 Å². The number of hydrogen-bond donors (Lipinski definition) is 1. The van der Waals surface area contributed by atoms with Crippen molar-refractivity contribution in [2.45, 2.75) is 32.1 Å². The van der Waals surface area contributed by atoms with Crippen LogP contribution < -0.4 is 14.8 Å². The van der Waals surface area contributed by atoms with Crippen molar-refractivity contribution in [3.8, 4) is 11.5 Å². The van der Waals surface area contributed by atoms with Gasteiger partial charge in [-0.05, 0) is 67.0 Å². The molecule has 1 N–H and O–H groups in total. The number of aryl methyl sites for hydroxylation is 2. The Morgan fingerprint density at radius 2 is 1.78 bits per heavy atom. The fourth-order valence-corrected chi connectivity index (χ4v) is 3.82. The number of carbonyl (C=O) groups is 1. The van der Waals surface area contributed by atoms with Gasteiger partial charge in [-0.2, -0.15) is 0 Å². The Morgan fingerprint density at radius 3 is 2.53 bits per heavy atom. The molecule has 2 aromatic carbocycles. The number of benzene rings is 2. The first-order valence-electron chi connectivity index (χ1n) is 11.0. The van der Waals surface area contributed by atoms with Gasteiger partial charge in [0.05, 0.1) is 13.7 Å². The zero-order valence-corrected chi connectivity index (χ0v) is 19.1. The van der Waals surface area contributed by atoms with Gasteiger partial charge < -0.3 is 24.4 Å². The molecule has 0 saturated carbocycles. The Morgan fingerprint density at radius 1 is 0.969 bits per heavy atom. The van der Waals surface area contributed by atoms with Crippen LogP contribution in [0.15, 0.2) is 41.6 Å². The van der Waals surface area contributed by atoms with E-state index in [0.29, 0.717) is 43.4 Å². The van der Waals surface area contributed by atoms with Crippen LogP contribution in [0, 0.1) is 0 Å². The third kappa shape index (κ3) is 6.23. The van der Waals surface area contributed by atoms with E-state index in [1.807, 2.05) is 24.3 Å². The van der Waals surface area contributed by atoms with Crippen LogP contribution in [0.25, 0.3) is 0 Å². The first-order valence-corrected chi connectivity index (χ1v) is 11.0. The molecule has 0 aromatic heterocycles. The summed E-state index contributed by atoms with van der Waals surface area (Å²) in [6.07, 6.45) is 5.18. The van der Waals surface area contributed by atoms with E-state index in [0.717, 1.165) is 24.0 Å². The molecule has 32 heavy (non-hydrogen) atoms. The monoisotopic (exact) mass is 440 g/mol. The van der Waals surface area contributed by atoms with Crippen LogP contribution in [0.1, 0.15) is 35.1 Å². The maximum Gasteiger partial charge on any atom is 0.273 e. The van der Waals surface area contributed by atoms with Gasteiger partial charge in [-0.15, -0.1) is 0 Å². The minimum absolute atomic E-state index is 0.255. The van der Waals surface area contributed by atoms with Crippen LogP contribution in [0.4, 0.5) is 0 Å². The highest BCUT2D eigenvalue weighted by molar-refractivity contribution is 6.45. The van der Waals surface area contributed by atoms with E-state index in [4.69, 9.17) is 19.0 Å². The van der Waals surface area contributed by atoms with Gasteiger partial charge in [-0.1, -0.05) is 23.4 Å². The predicted molar refractivity (Wildman–Crippen MR) is 124 cm³/mol. The minimum atomic E-state index is -0.255. The Labute approximate surface area is 189 Å². The van der Waals surface area contributed by atoms with Crippen molar-refractivity contribution in [3.63, 3.8) is 0 Å². The maximum absolute atomic E-state index is 12.8. The quantitative estimate of drug-likeness (QED) is 0.330. The first kappa shape index (κ1) is 23.6. The van der Waals surface area contributed by atoms with Crippen molar-refractivity contribution >= 4 is 11.6 Å². The molecule has 0 unspecified atom stereocenters. The summed E-state index contributed by atoms with van der Waals surface area (Å²) >= 11 is 0. The SMILES string of the molecule is COCCOc1ccc(CCNC(=O)/C(=N\OC)c2ccc3c(c2)CCCC3)cc1OC. The average molecular weight is 441 g/mol. The summed E-state index contributed by atoms with van der Waals surface area (Å²) in [6, 6.07) is 11.9. The Balaban J connectivity index is 1.60. The molecule has 0 bridgehead atoms. The number of nitrogens with one attached hydrogen (secondary N) is 1. The Kier molecular flexibility index (Phi) is 8.92. The third-order valence-electron chi connectivity index (χ3n) is 5.49. The van der Waals surface area contributed by atoms with Crippen LogP contribution in [-0.2, 0) is 33.6 Å². The summed E-state index contributed by atoms with van der Waals surface area (Å²) in [5.41, 5.74) is 4.76. The number of hydrogen-bond acceptors (Lipinski definition) is 6. The summed E-state index contributed by atoms with van der Waals surface area (Å²) in [6.45, 7) is 1.42. The summed E-state index contributed by atoms with van der Waals surface area (Å²) in [5, 5.41) is 6.95. The molecule has 0 heterocycles. The molecular formula is C25H32N2O5. The van der Waals surface area contributed by atoms with Gasteiger partial charge in [0.2, 0.25) is 0 Å². The predicted octanol–water partition coefficient (Wildman–Crippen LogP) is 3.31. The number of fused-ring (bicyclic) bond motifs is 1. The van der Waals surface area contributed by atoms with Gasteiger partial charge in [0, 0.05) is 19.2 Å². The fraction of sp³-hybridized carbons (Fsp3) is 0.440. The van der Waals surface area contributed by atoms with Gasteiger partial charge in [-0.25, -0.2) is 0 Å². The van der Waals surface area contributed by atoms with Gasteiger partial charge in [0.25, 0.3) is 5.91 Å². The second kappa shape index (κ2) is 12.1. The summed E-state index contributed by atoms with van der Waals surface area (Å²) in [4.78, 5) is 17.8. The molecule has 0 fully saturated rings. The molecule has 172 valence electrons. The number of methoxy groups -OCH3 is 2. The number of carbonyl (C=O) groups excluding carboxylic acids is 1. The Bertz CT molecular complexity index is 942. The standard InChI is InChI=1S/C25H32N2O5/c1-29-14-15-32-22-11-8-18(16-23(22)30-2)12-13-26-25(28)24(27-31-3)21-10-9-19-6-4-5-7-20(19)17-21/h8-11,16-17H,4-7,12-15H2,1-3H3,(H,26,28)/b27-24-. The topological polar surface area (TPSA) is 78.4 Å². The lowest BCUT2D eigenvalue weighted by Crippen LogP contribution is -2.33. The van der Waals surface area contributed by atoms with Crippen molar-refractivity contribution in [3.05, 3.63) is 58.7 Å². The van der Waals surface area contributed by atoms with Gasteiger partial charge in [-0.3, -0.25) is 4.79 Å². The second-order valence-corrected chi connectivity index (χ2v) is 7.65. The molecule has 0 saturated heterocycles. The van der Waals surface area contributed by atoms with E-state index >= 15 is 0 Å². The molecule has 0 aliphatic heterocycles. The van der Waals surface area contributed by atoms with E-state index in [-0.39, 0.29) is 5.91 Å². The van der Waals surface area contributed by atoms with Crippen LogP contribution in [0.3, 0.4) is 0 Å². The van der Waals surface area contributed by atoms with Crippen molar-refractivity contribution in [1.82, 2.24) is 5.32 Å². The van der Waals surface area contributed by atoms with E-state index < -0.39 is 0 Å². The number of rotatable bonds is 11. The smallest absolute Gasteiger partial charge is 0.273 e. The summed E-state index contributed by atoms with van der Waals surface area (Å²) < 4.78 is 16.1. The molecule has 1 amide bonds. The molecule has 3 rings (SSSR count). The van der Waals surface area contributed by atoms with Crippen molar-refractivity contribution in [1.29, 1.82) is 0 Å². The van der Waals surface area contributed by atoms with Gasteiger partial charge in [0.1, 0.15) is 13.7 Å². The fourth-order valence-electron chi connectivity index (χ4n) is 3.82. The number of amides is 1. The highest BCUT2D eigenvalue weighted by atomic mass is 16.6. The molecule has 0 atom stereocenters. The molecular weight excluding hydrogens is 408 g/mol. The van der Waals surface area contributed by atoms with E-state index in [1.165, 1.54) is 31.1 Å². The average Bonchev–Trinajstić information content (AvgIpc) is 2.83. The van der Waals surface area contributed by atoms with Crippen LogP contribution in [-0.4, -0.2) is 52.7 Å². The zero-order chi connectivity index (χ0) is 22.8. The highest BCUT2D eigenvalue weighted by Crippen LogP contribution is 2.28. The van der Waals surface area contributed by atoms with Crippen LogP contribution in [0.5, 0.6) is 11.5 Å². The van der Waals surface area contributed by atoms with Gasteiger partial charge in [0.15, 0.2) is 17.2 Å². The molecule has 1 aliphatic carbocycles. The van der Waals surface area contributed by atoms with E-state index in [2.05, 4.69) is 22.6 Å². The summed E-state index contributed by atoms with van der Waals surface area (Å²) in [7, 11) is 4.69. The number of oxime groups is 1. The highest BCUT2D eigenvalue weighted by Gasteiger charge is 2.18. The van der Waals surface area contributed by atoms with Crippen LogP contribution in [0.2, 0.25) is 0 Å². The second-order valence-electron chi connectivity index (χ2n) is 7.65. The molecule has 7 heteroatoms. The summed E-state index contributed by atoms with van der Waals surface area (Å²) in [5.74, 6) is 1.06. The van der Waals surface area contributed by atoms with Crippen LogP contribution >= 0.6 is 0 Å². The molecule has 7 nitrogen and oxygen atoms in total. The van der Waals surface area contributed by atoms with Gasteiger partial charge >= 0.3 is 0 Å². The molecule has 0 radical (unpaired) electrons. The van der Waals surface area contributed by atoms with Crippen molar-refractivity contribution in [2.24, 2.45) is 5.16 Å². The molecule has 0 spiro atoms. The van der Waals surface area contributed by atoms with Crippen molar-refractivity contribution in [2.75, 3.05) is 41.1 Å². The van der Waals surface area contributed by atoms with Crippen molar-refractivity contribution < 1.29 is 23.8 Å². The lowest BCUT2D eigenvalue weighted by atomic mass is 9.89. The number of nitrogens with zero attached hydrogens (tertiary/aromatic N) is 1. The number of ether oxygens (including phenoxy) is 3. The first-order chi connectivity index (χ1) is 15.7. The normalized spacial score (nSPS) is 13.3. The third-order valence-corrected chi connectivity index (χ3v) is 5.49. The largest absolute Gasteiger partial charge is 0.493 e. The Hall–Kier alpha value is -3.06. The lowest BCUT2D eigenvalue weighted by molar-refractivity contribution is -0.114.